The topological polar surface area (TPSA) is 46.5 Å². The highest BCUT2D eigenvalue weighted by Gasteiger charge is 2.36. The Kier molecular flexibility index (Phi) is 7.53. The number of hydrogen-bond donors (Lipinski definition) is 1. The van der Waals surface area contributed by atoms with Crippen LogP contribution in [0.2, 0.25) is 0 Å². The molecule has 222 valence electrons. The van der Waals surface area contributed by atoms with Crippen LogP contribution in [0.1, 0.15) is 25.0 Å². The van der Waals surface area contributed by atoms with Crippen LogP contribution in [0.5, 0.6) is 5.75 Å². The highest BCUT2D eigenvalue weighted by molar-refractivity contribution is 7.85. The van der Waals surface area contributed by atoms with Gasteiger partial charge in [-0.25, -0.2) is 0 Å². The molecule has 0 radical (unpaired) electrons. The van der Waals surface area contributed by atoms with Crippen LogP contribution in [-0.4, -0.2) is 18.3 Å². The monoisotopic (exact) mass is 606 g/mol. The molecule has 1 N–H and O–H groups in total. The summed E-state index contributed by atoms with van der Waals surface area (Å²) in [6, 6.07) is 49.4. The minimum atomic E-state index is -3.09. The summed E-state index contributed by atoms with van der Waals surface area (Å²) in [5, 5.41) is 11.7. The van der Waals surface area contributed by atoms with Crippen LogP contribution in [0.15, 0.2) is 146 Å². The highest BCUT2D eigenvalue weighted by atomic mass is 31.2. The summed E-state index contributed by atoms with van der Waals surface area (Å²) in [6.07, 6.45) is 0. The maximum Gasteiger partial charge on any atom is 0.171 e. The van der Waals surface area contributed by atoms with E-state index in [1.54, 1.807) is 0 Å². The Balaban J connectivity index is 1.32. The molecule has 3 nitrogen and oxygen atoms in total. The van der Waals surface area contributed by atoms with Gasteiger partial charge in [0.1, 0.15) is 12.4 Å². The van der Waals surface area contributed by atoms with Gasteiger partial charge in [0.2, 0.25) is 0 Å². The lowest BCUT2D eigenvalue weighted by Crippen LogP contribution is -2.25. The Labute approximate surface area is 265 Å². The smallest absolute Gasteiger partial charge is 0.171 e. The Morgan fingerprint density at radius 3 is 1.60 bits per heavy atom. The zero-order valence-corrected chi connectivity index (χ0v) is 26.4. The Morgan fingerprint density at radius 2 is 1.04 bits per heavy atom. The Hall–Kier alpha value is -4.69. The molecule has 0 amide bonds. The molecule has 0 aliphatic heterocycles. The third kappa shape index (κ3) is 5.13. The first-order valence-electron chi connectivity index (χ1n) is 15.4. The minimum absolute atomic E-state index is 0.0176. The van der Waals surface area contributed by atoms with Crippen LogP contribution in [0, 0.1) is 0 Å². The van der Waals surface area contributed by atoms with E-state index in [1.807, 2.05) is 91.0 Å². The summed E-state index contributed by atoms with van der Waals surface area (Å²) < 4.78 is 20.8. The number of benzene rings is 6. The van der Waals surface area contributed by atoms with E-state index < -0.39 is 7.14 Å². The summed E-state index contributed by atoms with van der Waals surface area (Å²) in [5.41, 5.74) is 9.24. The minimum Gasteiger partial charge on any atom is -0.491 e. The van der Waals surface area contributed by atoms with Crippen molar-refractivity contribution in [1.29, 1.82) is 0 Å². The molecule has 0 fully saturated rings. The summed E-state index contributed by atoms with van der Waals surface area (Å²) in [6.45, 7) is 4.83. The number of hydrogen-bond acceptors (Lipinski definition) is 3. The predicted octanol–water partition coefficient (Wildman–Crippen LogP) is 8.34. The molecule has 6 aromatic carbocycles. The molecule has 0 atom stereocenters. The lowest BCUT2D eigenvalue weighted by atomic mass is 9.82. The van der Waals surface area contributed by atoms with Gasteiger partial charge in [-0.1, -0.05) is 129 Å². The molecule has 6 aromatic rings. The van der Waals surface area contributed by atoms with Gasteiger partial charge in [-0.15, -0.1) is 0 Å². The molecular formula is C41H35O3P. The van der Waals surface area contributed by atoms with Crippen LogP contribution < -0.4 is 20.7 Å². The van der Waals surface area contributed by atoms with Gasteiger partial charge in [0, 0.05) is 21.3 Å². The maximum absolute atomic E-state index is 15.1. The van der Waals surface area contributed by atoms with Crippen LogP contribution >= 0.6 is 7.14 Å². The molecule has 45 heavy (non-hydrogen) atoms. The van der Waals surface area contributed by atoms with Crippen LogP contribution in [-0.2, 0) is 9.98 Å². The fourth-order valence-corrected chi connectivity index (χ4v) is 9.36. The zero-order chi connectivity index (χ0) is 31.0. The van der Waals surface area contributed by atoms with E-state index in [0.717, 1.165) is 43.9 Å². The Morgan fingerprint density at radius 1 is 0.556 bits per heavy atom. The fourth-order valence-electron chi connectivity index (χ4n) is 6.66. The third-order valence-corrected chi connectivity index (χ3v) is 12.0. The van der Waals surface area contributed by atoms with Gasteiger partial charge in [-0.3, -0.25) is 0 Å². The Bertz CT molecular complexity index is 2000. The van der Waals surface area contributed by atoms with Gasteiger partial charge in [-0.2, -0.15) is 0 Å². The van der Waals surface area contributed by atoms with Crippen molar-refractivity contribution >= 4 is 23.1 Å². The van der Waals surface area contributed by atoms with Gasteiger partial charge in [0.05, 0.1) is 6.61 Å². The molecule has 7 rings (SSSR count). The summed E-state index contributed by atoms with van der Waals surface area (Å²) in [7, 11) is -3.09. The van der Waals surface area contributed by atoms with Crippen molar-refractivity contribution in [2.24, 2.45) is 0 Å². The predicted molar refractivity (Wildman–Crippen MR) is 187 cm³/mol. The molecule has 1 aliphatic carbocycles. The normalized spacial score (nSPS) is 13.2. The second kappa shape index (κ2) is 11.7. The van der Waals surface area contributed by atoms with Gasteiger partial charge in [0.15, 0.2) is 7.14 Å². The summed E-state index contributed by atoms with van der Waals surface area (Å²) >= 11 is 0. The lowest BCUT2D eigenvalue weighted by molar-refractivity contribution is 0.201. The lowest BCUT2D eigenvalue weighted by Gasteiger charge is -2.22. The first kappa shape index (κ1) is 29.0. The number of aliphatic hydroxyl groups is 1. The van der Waals surface area contributed by atoms with Gasteiger partial charge >= 0.3 is 0 Å². The molecule has 0 saturated carbocycles. The molecule has 4 heteroatoms. The average Bonchev–Trinajstić information content (AvgIpc) is 3.33. The quantitative estimate of drug-likeness (QED) is 0.177. The second-order valence-corrected chi connectivity index (χ2v) is 14.8. The first-order valence-corrected chi connectivity index (χ1v) is 17.1. The molecule has 0 unspecified atom stereocenters. The summed E-state index contributed by atoms with van der Waals surface area (Å²) in [5.74, 6) is 0.744. The van der Waals surface area contributed by atoms with Crippen molar-refractivity contribution in [2.75, 3.05) is 13.2 Å². The zero-order valence-electron chi connectivity index (χ0n) is 25.5. The van der Waals surface area contributed by atoms with E-state index in [9.17, 15) is 5.11 Å². The molecule has 0 heterocycles. The molecule has 0 aromatic heterocycles. The van der Waals surface area contributed by atoms with E-state index in [0.29, 0.717) is 0 Å². The number of rotatable bonds is 8. The number of aliphatic hydroxyl groups excluding tert-OH is 1. The van der Waals surface area contributed by atoms with Crippen molar-refractivity contribution in [3.05, 3.63) is 157 Å². The molecule has 0 saturated heterocycles. The van der Waals surface area contributed by atoms with E-state index >= 15 is 4.57 Å². The van der Waals surface area contributed by atoms with Gasteiger partial charge in [-0.05, 0) is 74.8 Å². The standard InChI is InChI=1S/C41H35O3P/c1-41(2)39-21-19-31(29-11-9-13-33(25-29)44-24-23-42)27-37(39)38-28-32(20-22-40(38)41)30-12-10-18-36(26-30)45(43,34-14-5-3-6-15-34)35-16-7-4-8-17-35/h3-22,25-28,42H,23-24H2,1-2H3. The van der Waals surface area contributed by atoms with E-state index in [2.05, 4.69) is 68.4 Å². The third-order valence-electron chi connectivity index (χ3n) is 8.99. The van der Waals surface area contributed by atoms with Gasteiger partial charge in [0.25, 0.3) is 0 Å². The maximum atomic E-state index is 15.1. The van der Waals surface area contributed by atoms with Crippen molar-refractivity contribution < 1.29 is 14.4 Å². The molecule has 1 aliphatic rings. The molecule has 0 bridgehead atoms. The molecular weight excluding hydrogens is 571 g/mol. The SMILES string of the molecule is CC1(C)c2ccc(-c3cccc(OCCO)c3)cc2-c2cc(-c3cccc(P(=O)(c4ccccc4)c4ccccc4)c3)ccc21. The van der Waals surface area contributed by atoms with Crippen molar-refractivity contribution in [3.8, 4) is 39.1 Å². The van der Waals surface area contributed by atoms with Crippen molar-refractivity contribution in [1.82, 2.24) is 0 Å². The summed E-state index contributed by atoms with van der Waals surface area (Å²) in [4.78, 5) is 0. The van der Waals surface area contributed by atoms with Crippen LogP contribution in [0.3, 0.4) is 0 Å². The number of fused-ring (bicyclic) bond motifs is 3. The van der Waals surface area contributed by atoms with Crippen molar-refractivity contribution in [3.63, 3.8) is 0 Å². The van der Waals surface area contributed by atoms with Gasteiger partial charge < -0.3 is 14.4 Å². The van der Waals surface area contributed by atoms with E-state index in [4.69, 9.17) is 4.74 Å². The largest absolute Gasteiger partial charge is 0.491 e. The number of ether oxygens (including phenoxy) is 1. The van der Waals surface area contributed by atoms with Crippen molar-refractivity contribution in [2.45, 2.75) is 19.3 Å². The highest BCUT2D eigenvalue weighted by Crippen LogP contribution is 2.51. The molecule has 0 spiro atoms. The van der Waals surface area contributed by atoms with E-state index in [1.165, 1.54) is 22.3 Å². The first-order chi connectivity index (χ1) is 21.9. The van der Waals surface area contributed by atoms with Crippen LogP contribution in [0.25, 0.3) is 33.4 Å². The average molecular weight is 607 g/mol. The fraction of sp³-hybridized carbons (Fsp3) is 0.122. The van der Waals surface area contributed by atoms with E-state index in [-0.39, 0.29) is 18.6 Å². The van der Waals surface area contributed by atoms with Crippen LogP contribution in [0.4, 0.5) is 0 Å². The second-order valence-electron chi connectivity index (χ2n) is 12.1.